The fourth-order valence-electron chi connectivity index (χ4n) is 1.68. The lowest BCUT2D eigenvalue weighted by molar-refractivity contribution is 0.199. The van der Waals surface area contributed by atoms with Crippen LogP contribution in [0.15, 0.2) is 24.3 Å². The quantitative estimate of drug-likeness (QED) is 0.602. The zero-order valence-corrected chi connectivity index (χ0v) is 11.6. The minimum Gasteiger partial charge on any atom is -0.399 e. The van der Waals surface area contributed by atoms with Crippen molar-refractivity contribution in [2.24, 2.45) is 0 Å². The number of benzene rings is 1. The lowest BCUT2D eigenvalue weighted by Gasteiger charge is -2.22. The summed E-state index contributed by atoms with van der Waals surface area (Å²) in [5, 5.41) is 0. The highest BCUT2D eigenvalue weighted by atomic mass is 32.2. The minimum absolute atomic E-state index is 0.0824. The molecule has 2 N–H and O–H groups in total. The predicted molar refractivity (Wildman–Crippen MR) is 74.2 cm³/mol. The zero-order chi connectivity index (χ0) is 13.6. The van der Waals surface area contributed by atoms with Crippen molar-refractivity contribution in [1.82, 2.24) is 0 Å². The molecule has 1 aromatic carbocycles. The van der Waals surface area contributed by atoms with E-state index in [4.69, 9.17) is 10.5 Å². The Hall–Kier alpha value is -1.27. The van der Waals surface area contributed by atoms with E-state index >= 15 is 0 Å². The van der Waals surface area contributed by atoms with E-state index in [-0.39, 0.29) is 5.75 Å². The molecule has 6 heteroatoms. The van der Waals surface area contributed by atoms with Crippen LogP contribution in [0.25, 0.3) is 0 Å². The molecule has 0 heterocycles. The summed E-state index contributed by atoms with van der Waals surface area (Å²) < 4.78 is 30.6. The first kappa shape index (κ1) is 14.8. The maximum Gasteiger partial charge on any atom is 0.235 e. The molecule has 0 bridgehead atoms. The average Bonchev–Trinajstić information content (AvgIpc) is 2.32. The van der Waals surface area contributed by atoms with Gasteiger partial charge in [-0.2, -0.15) is 0 Å². The second-order valence-electron chi connectivity index (χ2n) is 3.92. The smallest absolute Gasteiger partial charge is 0.235 e. The molecule has 0 amide bonds. The number of sulfonamides is 1. The molecule has 0 radical (unpaired) electrons. The fourth-order valence-corrected chi connectivity index (χ4v) is 3.22. The third kappa shape index (κ3) is 3.89. The maximum absolute atomic E-state index is 12.2. The van der Waals surface area contributed by atoms with Crippen molar-refractivity contribution in [3.8, 4) is 0 Å². The summed E-state index contributed by atoms with van der Waals surface area (Å²) in [6.45, 7) is 2.65. The number of hydrogen-bond acceptors (Lipinski definition) is 4. The summed E-state index contributed by atoms with van der Waals surface area (Å²) in [5.74, 6) is 0.0824. The Balaban J connectivity index is 2.85. The van der Waals surface area contributed by atoms with Crippen LogP contribution in [0.5, 0.6) is 0 Å². The zero-order valence-electron chi connectivity index (χ0n) is 10.8. The monoisotopic (exact) mass is 272 g/mol. The summed E-state index contributed by atoms with van der Waals surface area (Å²) in [5.41, 5.74) is 6.85. The van der Waals surface area contributed by atoms with Gasteiger partial charge in [0, 0.05) is 25.9 Å². The van der Waals surface area contributed by atoms with Crippen molar-refractivity contribution >= 4 is 21.4 Å². The van der Waals surface area contributed by atoms with Gasteiger partial charge in [-0.05, 0) is 37.6 Å². The van der Waals surface area contributed by atoms with Crippen LogP contribution in [-0.4, -0.2) is 34.4 Å². The first-order valence-electron chi connectivity index (χ1n) is 5.86. The Labute approximate surface area is 109 Å². The minimum atomic E-state index is -3.30. The van der Waals surface area contributed by atoms with Crippen molar-refractivity contribution in [2.75, 3.05) is 36.1 Å². The molecule has 1 rings (SSSR count). The van der Waals surface area contributed by atoms with E-state index in [0.29, 0.717) is 30.9 Å². The van der Waals surface area contributed by atoms with Crippen LogP contribution in [-0.2, 0) is 14.8 Å². The van der Waals surface area contributed by atoms with E-state index in [2.05, 4.69) is 0 Å². The second kappa shape index (κ2) is 6.61. The maximum atomic E-state index is 12.2. The normalized spacial score (nSPS) is 11.4. The summed E-state index contributed by atoms with van der Waals surface area (Å²) >= 11 is 0. The number of nitrogen functional groups attached to an aromatic ring is 1. The third-order valence-corrected chi connectivity index (χ3v) is 4.50. The van der Waals surface area contributed by atoms with Crippen LogP contribution in [0.4, 0.5) is 11.4 Å². The van der Waals surface area contributed by atoms with Crippen LogP contribution in [0.2, 0.25) is 0 Å². The largest absolute Gasteiger partial charge is 0.399 e. The van der Waals surface area contributed by atoms with Gasteiger partial charge < -0.3 is 10.5 Å². The number of nitrogens with two attached hydrogens (primary N) is 1. The molecule has 102 valence electrons. The molecule has 0 atom stereocenters. The van der Waals surface area contributed by atoms with Gasteiger partial charge in [0.1, 0.15) is 0 Å². The molecule has 0 saturated carbocycles. The van der Waals surface area contributed by atoms with Crippen LogP contribution >= 0.6 is 0 Å². The first-order chi connectivity index (χ1) is 8.51. The number of rotatable bonds is 7. The van der Waals surface area contributed by atoms with Gasteiger partial charge in [-0.1, -0.05) is 0 Å². The Morgan fingerprint density at radius 1 is 1.28 bits per heavy atom. The number of anilines is 2. The lowest BCUT2D eigenvalue weighted by atomic mass is 10.3. The summed E-state index contributed by atoms with van der Waals surface area (Å²) in [7, 11) is -1.74. The predicted octanol–water partition coefficient (Wildman–Crippen LogP) is 1.46. The lowest BCUT2D eigenvalue weighted by Crippen LogP contribution is -2.33. The highest BCUT2D eigenvalue weighted by molar-refractivity contribution is 7.92. The number of methoxy groups -OCH3 is 1. The highest BCUT2D eigenvalue weighted by Gasteiger charge is 2.20. The van der Waals surface area contributed by atoms with E-state index < -0.39 is 10.0 Å². The van der Waals surface area contributed by atoms with Crippen LogP contribution in [0.1, 0.15) is 13.3 Å². The van der Waals surface area contributed by atoms with Crippen molar-refractivity contribution in [3.63, 3.8) is 0 Å². The van der Waals surface area contributed by atoms with Gasteiger partial charge in [-0.15, -0.1) is 0 Å². The highest BCUT2D eigenvalue weighted by Crippen LogP contribution is 2.20. The molecule has 0 unspecified atom stereocenters. The molecule has 5 nitrogen and oxygen atoms in total. The second-order valence-corrected chi connectivity index (χ2v) is 5.93. The molecule has 0 fully saturated rings. The average molecular weight is 272 g/mol. The number of hydrogen-bond donors (Lipinski definition) is 1. The summed E-state index contributed by atoms with van der Waals surface area (Å²) in [4.78, 5) is 0. The van der Waals surface area contributed by atoms with Gasteiger partial charge in [0.05, 0.1) is 11.4 Å². The molecule has 0 spiro atoms. The Morgan fingerprint density at radius 3 is 2.39 bits per heavy atom. The van der Waals surface area contributed by atoms with E-state index in [1.54, 1.807) is 31.4 Å². The van der Waals surface area contributed by atoms with E-state index in [9.17, 15) is 8.42 Å². The Kier molecular flexibility index (Phi) is 5.43. The van der Waals surface area contributed by atoms with Crippen LogP contribution in [0, 0.1) is 0 Å². The Bertz CT molecular complexity index is 457. The van der Waals surface area contributed by atoms with Gasteiger partial charge >= 0.3 is 0 Å². The van der Waals surface area contributed by atoms with E-state index in [1.165, 1.54) is 4.31 Å². The molecular formula is C12H20N2O3S. The summed E-state index contributed by atoms with van der Waals surface area (Å²) in [6.07, 6.45) is 0.490. The molecular weight excluding hydrogens is 252 g/mol. The number of nitrogens with zero attached hydrogens (tertiary/aromatic N) is 1. The van der Waals surface area contributed by atoms with Gasteiger partial charge in [-0.3, -0.25) is 4.31 Å². The van der Waals surface area contributed by atoms with Crippen LogP contribution < -0.4 is 10.0 Å². The molecule has 1 aromatic rings. The summed E-state index contributed by atoms with van der Waals surface area (Å²) in [6, 6.07) is 6.82. The molecule has 0 aliphatic rings. The van der Waals surface area contributed by atoms with E-state index in [0.717, 1.165) is 0 Å². The van der Waals surface area contributed by atoms with Gasteiger partial charge in [-0.25, -0.2) is 8.42 Å². The van der Waals surface area contributed by atoms with Gasteiger partial charge in [0.15, 0.2) is 0 Å². The number of ether oxygens (including phenoxy) is 1. The van der Waals surface area contributed by atoms with Crippen molar-refractivity contribution in [2.45, 2.75) is 13.3 Å². The SMILES string of the molecule is CCN(c1ccc(N)cc1)S(=O)(=O)CCCOC. The van der Waals surface area contributed by atoms with Crippen LogP contribution in [0.3, 0.4) is 0 Å². The first-order valence-corrected chi connectivity index (χ1v) is 7.47. The molecule has 0 aliphatic carbocycles. The Morgan fingerprint density at radius 2 is 1.89 bits per heavy atom. The molecule has 18 heavy (non-hydrogen) atoms. The fraction of sp³-hybridized carbons (Fsp3) is 0.500. The standard InChI is InChI=1S/C12H20N2O3S/c1-3-14(12-7-5-11(13)6-8-12)18(15,16)10-4-9-17-2/h5-8H,3-4,9-10,13H2,1-2H3. The van der Waals surface area contributed by atoms with Crippen molar-refractivity contribution < 1.29 is 13.2 Å². The van der Waals surface area contributed by atoms with Gasteiger partial charge in [0.25, 0.3) is 0 Å². The van der Waals surface area contributed by atoms with Crippen molar-refractivity contribution in [3.05, 3.63) is 24.3 Å². The molecule has 0 aliphatic heterocycles. The molecule has 0 saturated heterocycles. The van der Waals surface area contributed by atoms with E-state index in [1.807, 2.05) is 6.92 Å². The molecule has 0 aromatic heterocycles. The third-order valence-electron chi connectivity index (χ3n) is 2.55. The van der Waals surface area contributed by atoms with Crippen molar-refractivity contribution in [1.29, 1.82) is 0 Å². The topological polar surface area (TPSA) is 72.6 Å². The van der Waals surface area contributed by atoms with Gasteiger partial charge in [0.2, 0.25) is 10.0 Å².